The number of likely N-dealkylation sites (tertiary alicyclic amines) is 1. The van der Waals surface area contributed by atoms with E-state index in [1.54, 1.807) is 24.5 Å². The third kappa shape index (κ3) is 2.24. The van der Waals surface area contributed by atoms with Crippen molar-refractivity contribution in [1.82, 2.24) is 14.9 Å². The third-order valence-electron chi connectivity index (χ3n) is 3.97. The summed E-state index contributed by atoms with van der Waals surface area (Å²) in [7, 11) is 0. The lowest BCUT2D eigenvalue weighted by molar-refractivity contribution is 0.174. The first-order chi connectivity index (χ1) is 10.8. The highest BCUT2D eigenvalue weighted by Gasteiger charge is 2.31. The Bertz CT molecular complexity index is 686. The van der Waals surface area contributed by atoms with E-state index in [0.717, 1.165) is 25.2 Å². The fourth-order valence-electron chi connectivity index (χ4n) is 2.92. The standard InChI is InChI=1S/C15H16N4O3/c20-15(18-10-3-4-12-13(8-10)22-9-21-12)19-7-1-2-11(19)14-16-5-6-17-14/h3-6,8,11H,1-2,7,9H2,(H,16,17)(H,18,20). The highest BCUT2D eigenvalue weighted by atomic mass is 16.7. The number of ether oxygens (including phenoxy) is 2. The van der Waals surface area contributed by atoms with Crippen LogP contribution in [0.15, 0.2) is 30.6 Å². The zero-order valence-electron chi connectivity index (χ0n) is 11.9. The second kappa shape index (κ2) is 5.25. The average molecular weight is 300 g/mol. The molecule has 2 aliphatic heterocycles. The minimum Gasteiger partial charge on any atom is -0.454 e. The molecule has 4 rings (SSSR count). The number of amides is 2. The molecule has 0 saturated carbocycles. The van der Waals surface area contributed by atoms with Gasteiger partial charge in [0, 0.05) is 30.7 Å². The molecule has 1 unspecified atom stereocenters. The van der Waals surface area contributed by atoms with E-state index in [4.69, 9.17) is 9.47 Å². The van der Waals surface area contributed by atoms with E-state index in [0.29, 0.717) is 17.2 Å². The molecule has 0 spiro atoms. The Labute approximate surface area is 127 Å². The molecule has 2 N–H and O–H groups in total. The molecule has 0 radical (unpaired) electrons. The predicted molar refractivity (Wildman–Crippen MR) is 78.9 cm³/mol. The molecule has 1 aromatic carbocycles. The highest BCUT2D eigenvalue weighted by molar-refractivity contribution is 5.90. The summed E-state index contributed by atoms with van der Waals surface area (Å²) < 4.78 is 10.6. The minimum absolute atomic E-state index is 0.00371. The normalized spacial score (nSPS) is 19.5. The number of nitrogens with one attached hydrogen (secondary N) is 2. The fraction of sp³-hybridized carbons (Fsp3) is 0.333. The van der Waals surface area contributed by atoms with Crippen molar-refractivity contribution in [3.63, 3.8) is 0 Å². The number of hydrogen-bond acceptors (Lipinski definition) is 4. The third-order valence-corrected chi connectivity index (χ3v) is 3.97. The van der Waals surface area contributed by atoms with Crippen LogP contribution in [-0.4, -0.2) is 34.2 Å². The van der Waals surface area contributed by atoms with Crippen LogP contribution in [0, 0.1) is 0 Å². The Hall–Kier alpha value is -2.70. The molecule has 1 saturated heterocycles. The van der Waals surface area contributed by atoms with Crippen molar-refractivity contribution in [1.29, 1.82) is 0 Å². The maximum atomic E-state index is 12.5. The van der Waals surface area contributed by atoms with Gasteiger partial charge in [0.1, 0.15) is 5.82 Å². The van der Waals surface area contributed by atoms with Crippen LogP contribution in [0.3, 0.4) is 0 Å². The number of urea groups is 1. The zero-order chi connectivity index (χ0) is 14.9. The topological polar surface area (TPSA) is 79.5 Å². The second-order valence-electron chi connectivity index (χ2n) is 5.32. The van der Waals surface area contributed by atoms with Crippen molar-refractivity contribution in [2.24, 2.45) is 0 Å². The molecule has 1 atom stereocenters. The molecule has 1 fully saturated rings. The van der Waals surface area contributed by atoms with E-state index in [1.807, 2.05) is 11.0 Å². The number of carbonyl (C=O) groups is 1. The van der Waals surface area contributed by atoms with Crippen LogP contribution in [0.5, 0.6) is 11.5 Å². The molecular weight excluding hydrogens is 284 g/mol. The summed E-state index contributed by atoms with van der Waals surface area (Å²) in [6.45, 7) is 0.946. The number of benzene rings is 1. The number of nitrogens with zero attached hydrogens (tertiary/aromatic N) is 2. The Kier molecular flexibility index (Phi) is 3.10. The number of aromatic nitrogens is 2. The van der Waals surface area contributed by atoms with Crippen LogP contribution in [0.2, 0.25) is 0 Å². The lowest BCUT2D eigenvalue weighted by Crippen LogP contribution is -2.34. The quantitative estimate of drug-likeness (QED) is 0.893. The van der Waals surface area contributed by atoms with Crippen molar-refractivity contribution < 1.29 is 14.3 Å². The zero-order valence-corrected chi connectivity index (χ0v) is 11.9. The smallest absolute Gasteiger partial charge is 0.322 e. The fourth-order valence-corrected chi connectivity index (χ4v) is 2.92. The van der Waals surface area contributed by atoms with Gasteiger partial charge >= 0.3 is 6.03 Å². The molecule has 2 aliphatic rings. The van der Waals surface area contributed by atoms with Crippen LogP contribution in [-0.2, 0) is 0 Å². The number of hydrogen-bond donors (Lipinski definition) is 2. The monoisotopic (exact) mass is 300 g/mol. The van der Waals surface area contributed by atoms with Crippen molar-refractivity contribution in [3.8, 4) is 11.5 Å². The van der Waals surface area contributed by atoms with Crippen LogP contribution in [0.1, 0.15) is 24.7 Å². The number of anilines is 1. The minimum atomic E-state index is -0.127. The van der Waals surface area contributed by atoms with Gasteiger partial charge in [0.15, 0.2) is 11.5 Å². The Morgan fingerprint density at radius 2 is 2.27 bits per heavy atom. The summed E-state index contributed by atoms with van der Waals surface area (Å²) in [6.07, 6.45) is 5.38. The maximum absolute atomic E-state index is 12.5. The number of carbonyl (C=O) groups excluding carboxylic acids is 1. The second-order valence-corrected chi connectivity index (χ2v) is 5.32. The van der Waals surface area contributed by atoms with Gasteiger partial charge < -0.3 is 24.7 Å². The Morgan fingerprint density at radius 1 is 1.36 bits per heavy atom. The van der Waals surface area contributed by atoms with Gasteiger partial charge in [-0.3, -0.25) is 0 Å². The van der Waals surface area contributed by atoms with E-state index in [-0.39, 0.29) is 18.9 Å². The van der Waals surface area contributed by atoms with Crippen LogP contribution >= 0.6 is 0 Å². The van der Waals surface area contributed by atoms with Crippen molar-refractivity contribution in [2.45, 2.75) is 18.9 Å². The molecule has 7 nitrogen and oxygen atoms in total. The first kappa shape index (κ1) is 13.0. The Balaban J connectivity index is 1.49. The lowest BCUT2D eigenvalue weighted by Gasteiger charge is -2.23. The summed E-state index contributed by atoms with van der Waals surface area (Å²) in [5.74, 6) is 2.19. The SMILES string of the molecule is O=C(Nc1ccc2c(c1)OCO2)N1CCCC1c1ncc[nH]1. The average Bonchev–Trinajstić information content (AvgIpc) is 3.26. The van der Waals surface area contributed by atoms with Crippen LogP contribution in [0.25, 0.3) is 0 Å². The molecule has 7 heteroatoms. The van der Waals surface area contributed by atoms with E-state index in [1.165, 1.54) is 0 Å². The first-order valence-electron chi connectivity index (χ1n) is 7.28. The molecular formula is C15H16N4O3. The summed E-state index contributed by atoms with van der Waals surface area (Å²) >= 11 is 0. The number of imidazole rings is 1. The molecule has 2 aromatic rings. The van der Waals surface area contributed by atoms with Crippen LogP contribution in [0.4, 0.5) is 10.5 Å². The molecule has 3 heterocycles. The summed E-state index contributed by atoms with van der Waals surface area (Å²) in [5, 5.41) is 2.92. The van der Waals surface area contributed by atoms with Gasteiger partial charge in [-0.2, -0.15) is 0 Å². The molecule has 1 aromatic heterocycles. The molecule has 114 valence electrons. The number of rotatable bonds is 2. The number of aromatic amines is 1. The molecule has 0 aliphatic carbocycles. The van der Waals surface area contributed by atoms with E-state index >= 15 is 0 Å². The van der Waals surface area contributed by atoms with Gasteiger partial charge in [-0.15, -0.1) is 0 Å². The summed E-state index contributed by atoms with van der Waals surface area (Å²) in [6, 6.07) is 5.26. The highest BCUT2D eigenvalue weighted by Crippen LogP contribution is 2.35. The number of fused-ring (bicyclic) bond motifs is 1. The van der Waals surface area contributed by atoms with E-state index in [2.05, 4.69) is 15.3 Å². The van der Waals surface area contributed by atoms with Gasteiger partial charge in [-0.25, -0.2) is 9.78 Å². The van der Waals surface area contributed by atoms with Gasteiger partial charge in [0.2, 0.25) is 6.79 Å². The van der Waals surface area contributed by atoms with Gasteiger partial charge in [-0.1, -0.05) is 0 Å². The first-order valence-corrected chi connectivity index (χ1v) is 7.28. The van der Waals surface area contributed by atoms with E-state index in [9.17, 15) is 4.79 Å². The largest absolute Gasteiger partial charge is 0.454 e. The van der Waals surface area contributed by atoms with Crippen molar-refractivity contribution >= 4 is 11.7 Å². The molecule has 0 bridgehead atoms. The number of H-pyrrole nitrogens is 1. The van der Waals surface area contributed by atoms with Gasteiger partial charge in [0.25, 0.3) is 0 Å². The van der Waals surface area contributed by atoms with Crippen molar-refractivity contribution in [2.75, 3.05) is 18.7 Å². The summed E-state index contributed by atoms with van der Waals surface area (Å²) in [5.41, 5.74) is 0.694. The maximum Gasteiger partial charge on any atom is 0.322 e. The van der Waals surface area contributed by atoms with E-state index < -0.39 is 0 Å². The van der Waals surface area contributed by atoms with Crippen molar-refractivity contribution in [3.05, 3.63) is 36.4 Å². The van der Waals surface area contributed by atoms with Gasteiger partial charge in [0.05, 0.1) is 6.04 Å². The van der Waals surface area contributed by atoms with Crippen LogP contribution < -0.4 is 14.8 Å². The summed E-state index contributed by atoms with van der Waals surface area (Å²) in [4.78, 5) is 21.7. The molecule has 2 amide bonds. The lowest BCUT2D eigenvalue weighted by atomic mass is 10.2. The predicted octanol–water partition coefficient (Wildman–Crippen LogP) is 2.51. The Morgan fingerprint density at radius 3 is 3.14 bits per heavy atom. The van der Waals surface area contributed by atoms with Gasteiger partial charge in [-0.05, 0) is 25.0 Å². The molecule has 22 heavy (non-hydrogen) atoms.